The molecule has 15 heavy (non-hydrogen) atoms. The SMILES string of the molecule is FC(F)C(F)(F)CNCc1ccncc1. The third-order valence-electron chi connectivity index (χ3n) is 1.76. The fourth-order valence-corrected chi connectivity index (χ4v) is 0.951. The minimum atomic E-state index is -3.98. The third kappa shape index (κ3) is 3.83. The summed E-state index contributed by atoms with van der Waals surface area (Å²) >= 11 is 0. The summed E-state index contributed by atoms with van der Waals surface area (Å²) in [6.07, 6.45) is -0.632. The van der Waals surface area contributed by atoms with Crippen molar-refractivity contribution >= 4 is 0 Å². The van der Waals surface area contributed by atoms with Gasteiger partial charge in [-0.1, -0.05) is 0 Å². The molecule has 2 nitrogen and oxygen atoms in total. The lowest BCUT2D eigenvalue weighted by molar-refractivity contribution is -0.125. The van der Waals surface area contributed by atoms with E-state index in [2.05, 4.69) is 10.3 Å². The van der Waals surface area contributed by atoms with Crippen LogP contribution in [0.4, 0.5) is 17.6 Å². The maximum absolute atomic E-state index is 12.4. The molecule has 84 valence electrons. The molecule has 0 saturated heterocycles. The van der Waals surface area contributed by atoms with E-state index in [0.29, 0.717) is 0 Å². The van der Waals surface area contributed by atoms with Gasteiger partial charge in [-0.05, 0) is 17.7 Å². The molecule has 0 radical (unpaired) electrons. The summed E-state index contributed by atoms with van der Waals surface area (Å²) in [7, 11) is 0. The van der Waals surface area contributed by atoms with Crippen molar-refractivity contribution in [3.8, 4) is 0 Å². The molecule has 0 bridgehead atoms. The van der Waals surface area contributed by atoms with Crippen LogP contribution >= 0.6 is 0 Å². The second kappa shape index (κ2) is 5.06. The van der Waals surface area contributed by atoms with Crippen molar-refractivity contribution in [1.82, 2.24) is 10.3 Å². The van der Waals surface area contributed by atoms with E-state index in [1.165, 1.54) is 12.4 Å². The molecule has 0 fully saturated rings. The van der Waals surface area contributed by atoms with Crippen molar-refractivity contribution in [3.05, 3.63) is 30.1 Å². The first-order valence-electron chi connectivity index (χ1n) is 4.28. The van der Waals surface area contributed by atoms with E-state index in [9.17, 15) is 17.6 Å². The zero-order valence-electron chi connectivity index (χ0n) is 7.76. The number of hydrogen-bond donors (Lipinski definition) is 1. The molecule has 1 N–H and O–H groups in total. The number of aromatic nitrogens is 1. The quantitative estimate of drug-likeness (QED) is 0.771. The average molecular weight is 222 g/mol. The van der Waals surface area contributed by atoms with Crippen LogP contribution in [0.15, 0.2) is 24.5 Å². The molecule has 0 aliphatic heterocycles. The maximum Gasteiger partial charge on any atom is 0.319 e. The Balaban J connectivity index is 2.34. The zero-order valence-corrected chi connectivity index (χ0v) is 7.76. The number of alkyl halides is 4. The van der Waals surface area contributed by atoms with Crippen molar-refractivity contribution in [2.45, 2.75) is 18.9 Å². The van der Waals surface area contributed by atoms with Gasteiger partial charge in [-0.15, -0.1) is 0 Å². The number of nitrogens with one attached hydrogen (secondary N) is 1. The maximum atomic E-state index is 12.4. The lowest BCUT2D eigenvalue weighted by atomic mass is 10.2. The molecule has 1 rings (SSSR count). The number of hydrogen-bond acceptors (Lipinski definition) is 2. The van der Waals surface area contributed by atoms with Gasteiger partial charge in [0.25, 0.3) is 0 Å². The molecular formula is C9H10F4N2. The number of nitrogens with zero attached hydrogens (tertiary/aromatic N) is 1. The Kier molecular flexibility index (Phi) is 4.02. The molecule has 0 spiro atoms. The van der Waals surface area contributed by atoms with Gasteiger partial charge in [0.15, 0.2) is 0 Å². The van der Waals surface area contributed by atoms with Gasteiger partial charge in [0.1, 0.15) is 0 Å². The fourth-order valence-electron chi connectivity index (χ4n) is 0.951. The van der Waals surface area contributed by atoms with Crippen LogP contribution in [-0.2, 0) is 6.54 Å². The Labute approximate surface area is 84.3 Å². The highest BCUT2D eigenvalue weighted by Gasteiger charge is 2.39. The molecule has 0 atom stereocenters. The molecule has 1 heterocycles. The zero-order chi connectivity index (χ0) is 11.3. The second-order valence-corrected chi connectivity index (χ2v) is 3.02. The van der Waals surface area contributed by atoms with Gasteiger partial charge in [-0.2, -0.15) is 8.78 Å². The Morgan fingerprint density at radius 1 is 1.27 bits per heavy atom. The first-order chi connectivity index (χ1) is 7.02. The van der Waals surface area contributed by atoms with Gasteiger partial charge in [-0.25, -0.2) is 8.78 Å². The van der Waals surface area contributed by atoms with Crippen LogP contribution < -0.4 is 5.32 Å². The standard InChI is InChI=1S/C9H10F4N2/c10-8(11)9(12,13)6-15-5-7-1-3-14-4-2-7/h1-4,8,15H,5-6H2. The Bertz CT molecular complexity index is 289. The van der Waals surface area contributed by atoms with Crippen molar-refractivity contribution in [2.24, 2.45) is 0 Å². The number of pyridine rings is 1. The summed E-state index contributed by atoms with van der Waals surface area (Å²) in [5, 5.41) is 2.27. The molecule has 1 aromatic rings. The monoisotopic (exact) mass is 222 g/mol. The van der Waals surface area contributed by atoms with Gasteiger partial charge < -0.3 is 5.32 Å². The molecule has 0 aliphatic carbocycles. The van der Waals surface area contributed by atoms with Crippen molar-refractivity contribution in [3.63, 3.8) is 0 Å². The van der Waals surface area contributed by atoms with Crippen molar-refractivity contribution in [2.75, 3.05) is 6.54 Å². The second-order valence-electron chi connectivity index (χ2n) is 3.02. The van der Waals surface area contributed by atoms with Crippen LogP contribution in [0.5, 0.6) is 0 Å². The van der Waals surface area contributed by atoms with Gasteiger partial charge in [0, 0.05) is 18.9 Å². The molecule has 0 amide bonds. The van der Waals surface area contributed by atoms with Crippen molar-refractivity contribution < 1.29 is 17.6 Å². The summed E-state index contributed by atoms with van der Waals surface area (Å²) in [5.41, 5.74) is 0.718. The van der Waals surface area contributed by atoms with Crippen LogP contribution in [0.1, 0.15) is 5.56 Å². The van der Waals surface area contributed by atoms with Crippen LogP contribution in [-0.4, -0.2) is 23.9 Å². The van der Waals surface area contributed by atoms with E-state index in [4.69, 9.17) is 0 Å². The van der Waals surface area contributed by atoms with E-state index in [-0.39, 0.29) is 6.54 Å². The largest absolute Gasteiger partial charge is 0.319 e. The Morgan fingerprint density at radius 3 is 2.40 bits per heavy atom. The molecule has 6 heteroatoms. The Morgan fingerprint density at radius 2 is 1.87 bits per heavy atom. The minimum absolute atomic E-state index is 0.116. The predicted molar refractivity (Wildman–Crippen MR) is 46.9 cm³/mol. The van der Waals surface area contributed by atoms with Gasteiger partial charge >= 0.3 is 12.3 Å². The number of halogens is 4. The van der Waals surface area contributed by atoms with E-state index in [0.717, 1.165) is 5.56 Å². The normalized spacial score (nSPS) is 12.1. The van der Waals surface area contributed by atoms with Gasteiger partial charge in [-0.3, -0.25) is 4.98 Å². The summed E-state index contributed by atoms with van der Waals surface area (Å²) in [5.74, 6) is -3.98. The van der Waals surface area contributed by atoms with Crippen LogP contribution in [0, 0.1) is 0 Å². The first-order valence-corrected chi connectivity index (χ1v) is 4.28. The molecular weight excluding hydrogens is 212 g/mol. The molecule has 0 unspecified atom stereocenters. The minimum Gasteiger partial charge on any atom is -0.307 e. The molecule has 0 aromatic carbocycles. The van der Waals surface area contributed by atoms with E-state index >= 15 is 0 Å². The Hall–Kier alpha value is -1.17. The highest BCUT2D eigenvalue weighted by molar-refractivity contribution is 5.09. The lowest BCUT2D eigenvalue weighted by Gasteiger charge is -2.15. The highest BCUT2D eigenvalue weighted by atomic mass is 19.3. The van der Waals surface area contributed by atoms with Crippen molar-refractivity contribution in [1.29, 1.82) is 0 Å². The predicted octanol–water partition coefficient (Wildman–Crippen LogP) is 2.07. The molecule has 0 aliphatic rings. The fraction of sp³-hybridized carbons (Fsp3) is 0.444. The topological polar surface area (TPSA) is 24.9 Å². The summed E-state index contributed by atoms with van der Waals surface area (Å²) in [6.45, 7) is -0.919. The number of rotatable bonds is 5. The lowest BCUT2D eigenvalue weighted by Crippen LogP contribution is -2.38. The molecule has 0 saturated carbocycles. The van der Waals surface area contributed by atoms with Crippen LogP contribution in [0.2, 0.25) is 0 Å². The van der Waals surface area contributed by atoms with E-state index in [1.54, 1.807) is 12.1 Å². The smallest absolute Gasteiger partial charge is 0.307 e. The van der Waals surface area contributed by atoms with Crippen LogP contribution in [0.25, 0.3) is 0 Å². The summed E-state index contributed by atoms with van der Waals surface area (Å²) in [4.78, 5) is 3.73. The van der Waals surface area contributed by atoms with E-state index in [1.807, 2.05) is 0 Å². The molecule has 1 aromatic heterocycles. The van der Waals surface area contributed by atoms with Gasteiger partial charge in [0.2, 0.25) is 0 Å². The van der Waals surface area contributed by atoms with Gasteiger partial charge in [0.05, 0.1) is 6.54 Å². The van der Waals surface area contributed by atoms with E-state index < -0.39 is 18.9 Å². The summed E-state index contributed by atoms with van der Waals surface area (Å²) in [6, 6.07) is 3.24. The third-order valence-corrected chi connectivity index (χ3v) is 1.76. The summed E-state index contributed by atoms with van der Waals surface area (Å²) < 4.78 is 48.3. The first kappa shape index (κ1) is 11.9. The average Bonchev–Trinajstić information content (AvgIpc) is 2.19. The highest BCUT2D eigenvalue weighted by Crippen LogP contribution is 2.21. The van der Waals surface area contributed by atoms with Crippen LogP contribution in [0.3, 0.4) is 0 Å².